The number of carbonyl (C=O) groups is 1. The van der Waals surface area contributed by atoms with Crippen molar-refractivity contribution in [3.8, 4) is 22.3 Å². The number of H-pyrrole nitrogens is 1. The highest BCUT2D eigenvalue weighted by atomic mass is 16.5. The summed E-state index contributed by atoms with van der Waals surface area (Å²) in [4.78, 5) is 15.0. The molecule has 0 saturated heterocycles. The molecule has 2 aromatic carbocycles. The highest BCUT2D eigenvalue weighted by molar-refractivity contribution is 5.87. The van der Waals surface area contributed by atoms with Gasteiger partial charge in [0.15, 0.2) is 0 Å². The van der Waals surface area contributed by atoms with Gasteiger partial charge in [0, 0.05) is 22.5 Å². The SMILES string of the molecule is COC(=O)CCc1[nH]c(C)c(-c2ccccc2)c1-c1ccccc1. The minimum Gasteiger partial charge on any atom is -0.469 e. The quantitative estimate of drug-likeness (QED) is 0.689. The van der Waals surface area contributed by atoms with Crippen LogP contribution in [0.3, 0.4) is 0 Å². The largest absolute Gasteiger partial charge is 0.469 e. The first-order chi connectivity index (χ1) is 11.7. The van der Waals surface area contributed by atoms with Crippen LogP contribution in [0.2, 0.25) is 0 Å². The Bertz CT molecular complexity index is 820. The molecule has 0 saturated carbocycles. The van der Waals surface area contributed by atoms with Gasteiger partial charge in [-0.2, -0.15) is 0 Å². The number of aromatic nitrogens is 1. The number of ether oxygens (including phenoxy) is 1. The van der Waals surface area contributed by atoms with Crippen LogP contribution in [0.15, 0.2) is 60.7 Å². The molecule has 1 N–H and O–H groups in total. The molecule has 3 nitrogen and oxygen atoms in total. The number of aryl methyl sites for hydroxylation is 2. The third kappa shape index (κ3) is 3.25. The third-order valence-electron chi connectivity index (χ3n) is 4.20. The van der Waals surface area contributed by atoms with Gasteiger partial charge in [-0.15, -0.1) is 0 Å². The maximum atomic E-state index is 11.6. The number of hydrogen-bond donors (Lipinski definition) is 1. The van der Waals surface area contributed by atoms with E-state index in [0.29, 0.717) is 12.8 Å². The molecule has 122 valence electrons. The molecule has 3 heteroatoms. The Morgan fingerprint density at radius 1 is 0.917 bits per heavy atom. The maximum absolute atomic E-state index is 11.6. The summed E-state index contributed by atoms with van der Waals surface area (Å²) in [6.07, 6.45) is 0.995. The van der Waals surface area contributed by atoms with Crippen molar-refractivity contribution in [2.75, 3.05) is 7.11 Å². The van der Waals surface area contributed by atoms with Gasteiger partial charge in [-0.25, -0.2) is 0 Å². The normalized spacial score (nSPS) is 10.6. The van der Waals surface area contributed by atoms with E-state index in [4.69, 9.17) is 4.74 Å². The lowest BCUT2D eigenvalue weighted by Gasteiger charge is -2.09. The summed E-state index contributed by atoms with van der Waals surface area (Å²) < 4.78 is 4.79. The Labute approximate surface area is 142 Å². The van der Waals surface area contributed by atoms with Crippen molar-refractivity contribution in [3.63, 3.8) is 0 Å². The average Bonchev–Trinajstić information content (AvgIpc) is 2.97. The van der Waals surface area contributed by atoms with Crippen molar-refractivity contribution in [1.82, 2.24) is 4.98 Å². The standard InChI is InChI=1S/C21H21NO2/c1-15-20(16-9-5-3-6-10-16)21(17-11-7-4-8-12-17)18(22-15)13-14-19(23)24-2/h3-12,22H,13-14H2,1-2H3. The molecule has 0 aliphatic carbocycles. The number of benzene rings is 2. The van der Waals surface area contributed by atoms with Gasteiger partial charge in [0.05, 0.1) is 13.5 Å². The lowest BCUT2D eigenvalue weighted by molar-refractivity contribution is -0.140. The molecular formula is C21H21NO2. The Balaban J connectivity index is 2.12. The number of aromatic amines is 1. The van der Waals surface area contributed by atoms with Crippen molar-refractivity contribution < 1.29 is 9.53 Å². The van der Waals surface area contributed by atoms with Crippen LogP contribution >= 0.6 is 0 Å². The molecule has 0 amide bonds. The summed E-state index contributed by atoms with van der Waals surface area (Å²) >= 11 is 0. The van der Waals surface area contributed by atoms with E-state index in [-0.39, 0.29) is 5.97 Å². The molecule has 0 spiro atoms. The molecule has 0 aliphatic heterocycles. The van der Waals surface area contributed by atoms with Crippen molar-refractivity contribution >= 4 is 5.97 Å². The van der Waals surface area contributed by atoms with E-state index < -0.39 is 0 Å². The van der Waals surface area contributed by atoms with Crippen LogP contribution in [0.1, 0.15) is 17.8 Å². The summed E-state index contributed by atoms with van der Waals surface area (Å²) in [7, 11) is 1.43. The lowest BCUT2D eigenvalue weighted by Crippen LogP contribution is -2.02. The van der Waals surface area contributed by atoms with Gasteiger partial charge in [0.2, 0.25) is 0 Å². The predicted molar refractivity (Wildman–Crippen MR) is 96.7 cm³/mol. The fourth-order valence-corrected chi connectivity index (χ4v) is 3.10. The van der Waals surface area contributed by atoms with Gasteiger partial charge in [-0.3, -0.25) is 4.79 Å². The van der Waals surface area contributed by atoms with Crippen LogP contribution in [0, 0.1) is 6.92 Å². The number of nitrogens with one attached hydrogen (secondary N) is 1. The number of methoxy groups -OCH3 is 1. The number of carbonyl (C=O) groups excluding carboxylic acids is 1. The number of rotatable bonds is 5. The molecular weight excluding hydrogens is 298 g/mol. The molecule has 0 atom stereocenters. The van der Waals surface area contributed by atoms with Crippen LogP contribution in [0.25, 0.3) is 22.3 Å². The molecule has 24 heavy (non-hydrogen) atoms. The van der Waals surface area contributed by atoms with Crippen molar-refractivity contribution in [3.05, 3.63) is 72.1 Å². The van der Waals surface area contributed by atoms with Crippen molar-refractivity contribution in [2.24, 2.45) is 0 Å². The van der Waals surface area contributed by atoms with E-state index in [9.17, 15) is 4.79 Å². The second-order valence-electron chi connectivity index (χ2n) is 5.79. The summed E-state index contributed by atoms with van der Waals surface area (Å²) in [5, 5.41) is 0. The smallest absolute Gasteiger partial charge is 0.305 e. The fraction of sp³-hybridized carbons (Fsp3) is 0.190. The van der Waals surface area contributed by atoms with E-state index >= 15 is 0 Å². The van der Waals surface area contributed by atoms with E-state index in [1.807, 2.05) is 36.4 Å². The van der Waals surface area contributed by atoms with Crippen LogP contribution in [0.4, 0.5) is 0 Å². The van der Waals surface area contributed by atoms with E-state index in [0.717, 1.165) is 17.0 Å². The predicted octanol–water partition coefficient (Wildman–Crippen LogP) is 4.76. The van der Waals surface area contributed by atoms with Crippen molar-refractivity contribution in [2.45, 2.75) is 19.8 Å². The zero-order chi connectivity index (χ0) is 16.9. The maximum Gasteiger partial charge on any atom is 0.305 e. The summed E-state index contributed by atoms with van der Waals surface area (Å²) in [5.74, 6) is -0.192. The van der Waals surface area contributed by atoms with Crippen LogP contribution in [0.5, 0.6) is 0 Å². The van der Waals surface area contributed by atoms with Crippen LogP contribution < -0.4 is 0 Å². The van der Waals surface area contributed by atoms with Crippen LogP contribution in [-0.2, 0) is 16.0 Å². The topological polar surface area (TPSA) is 42.1 Å². The van der Waals surface area contributed by atoms with Gasteiger partial charge in [-0.1, -0.05) is 60.7 Å². The highest BCUT2D eigenvalue weighted by Crippen LogP contribution is 2.38. The Kier molecular flexibility index (Phi) is 4.80. The first-order valence-corrected chi connectivity index (χ1v) is 8.09. The van der Waals surface area contributed by atoms with Gasteiger partial charge >= 0.3 is 5.97 Å². The molecule has 3 aromatic rings. The summed E-state index contributed by atoms with van der Waals surface area (Å²) in [5.41, 5.74) is 6.88. The molecule has 0 bridgehead atoms. The summed E-state index contributed by atoms with van der Waals surface area (Å²) in [6.45, 7) is 2.08. The number of hydrogen-bond acceptors (Lipinski definition) is 2. The molecule has 3 rings (SSSR count). The highest BCUT2D eigenvalue weighted by Gasteiger charge is 2.18. The van der Waals surface area contributed by atoms with E-state index in [1.165, 1.54) is 23.8 Å². The minimum absolute atomic E-state index is 0.192. The zero-order valence-corrected chi connectivity index (χ0v) is 14.0. The monoisotopic (exact) mass is 319 g/mol. The van der Waals surface area contributed by atoms with Gasteiger partial charge in [0.1, 0.15) is 0 Å². The molecule has 1 heterocycles. The Hall–Kier alpha value is -2.81. The van der Waals surface area contributed by atoms with E-state index in [1.54, 1.807) is 0 Å². The van der Waals surface area contributed by atoms with Gasteiger partial charge < -0.3 is 9.72 Å². The fourth-order valence-electron chi connectivity index (χ4n) is 3.10. The number of esters is 1. The molecule has 1 aromatic heterocycles. The molecule has 0 radical (unpaired) electrons. The minimum atomic E-state index is -0.192. The van der Waals surface area contributed by atoms with Crippen molar-refractivity contribution in [1.29, 1.82) is 0 Å². The first-order valence-electron chi connectivity index (χ1n) is 8.09. The Morgan fingerprint density at radius 2 is 1.46 bits per heavy atom. The van der Waals surface area contributed by atoms with E-state index in [2.05, 4.69) is 36.2 Å². The van der Waals surface area contributed by atoms with Gasteiger partial charge in [0.25, 0.3) is 0 Å². The summed E-state index contributed by atoms with van der Waals surface area (Å²) in [6, 6.07) is 20.7. The average molecular weight is 319 g/mol. The Morgan fingerprint density at radius 3 is 2.00 bits per heavy atom. The first kappa shape index (κ1) is 16.1. The molecule has 0 unspecified atom stereocenters. The molecule has 0 aliphatic rings. The van der Waals surface area contributed by atoms with Crippen LogP contribution in [-0.4, -0.2) is 18.1 Å². The second-order valence-corrected chi connectivity index (χ2v) is 5.79. The second kappa shape index (κ2) is 7.18. The van der Waals surface area contributed by atoms with Gasteiger partial charge in [-0.05, 0) is 24.5 Å². The zero-order valence-electron chi connectivity index (χ0n) is 14.0. The lowest BCUT2D eigenvalue weighted by atomic mass is 9.94. The third-order valence-corrected chi connectivity index (χ3v) is 4.20. The molecule has 0 fully saturated rings.